The average Bonchev–Trinajstić information content (AvgIpc) is 3.22. The van der Waals surface area contributed by atoms with E-state index in [1.807, 2.05) is 29.2 Å². The molecule has 4 rings (SSSR count). The van der Waals surface area contributed by atoms with Crippen LogP contribution >= 0.6 is 0 Å². The van der Waals surface area contributed by atoms with E-state index in [0.717, 1.165) is 23.4 Å². The number of amides is 1. The summed E-state index contributed by atoms with van der Waals surface area (Å²) in [5.41, 5.74) is 0.973. The Morgan fingerprint density at radius 2 is 1.72 bits per heavy atom. The van der Waals surface area contributed by atoms with E-state index in [9.17, 15) is 17.6 Å². The number of halogens is 1. The van der Waals surface area contributed by atoms with Crippen LogP contribution in [0.2, 0.25) is 0 Å². The number of ether oxygens (including phenoxy) is 2. The lowest BCUT2D eigenvalue weighted by molar-refractivity contribution is -0.140. The third-order valence-electron chi connectivity index (χ3n) is 6.19. The lowest BCUT2D eigenvalue weighted by Gasteiger charge is -2.31. The van der Waals surface area contributed by atoms with Crippen molar-refractivity contribution in [2.24, 2.45) is 5.92 Å². The summed E-state index contributed by atoms with van der Waals surface area (Å²) < 4.78 is 52.2. The molecule has 1 saturated carbocycles. The molecule has 0 spiro atoms. The fourth-order valence-electron chi connectivity index (χ4n) is 4.55. The number of rotatable bonds is 6. The van der Waals surface area contributed by atoms with E-state index in [1.54, 1.807) is 7.11 Å². The molecule has 9 heteroatoms. The van der Waals surface area contributed by atoms with Gasteiger partial charge in [0, 0.05) is 25.0 Å². The fourth-order valence-corrected chi connectivity index (χ4v) is 5.81. The van der Waals surface area contributed by atoms with Crippen molar-refractivity contribution in [1.29, 1.82) is 0 Å². The van der Waals surface area contributed by atoms with Gasteiger partial charge in [-0.3, -0.25) is 4.79 Å². The highest BCUT2D eigenvalue weighted by molar-refractivity contribution is 7.89. The lowest BCUT2D eigenvalue weighted by atomic mass is 9.88. The van der Waals surface area contributed by atoms with Gasteiger partial charge in [0.05, 0.1) is 25.2 Å². The monoisotopic (exact) mass is 462 g/mol. The van der Waals surface area contributed by atoms with Crippen molar-refractivity contribution in [2.45, 2.75) is 29.7 Å². The van der Waals surface area contributed by atoms with Gasteiger partial charge in [0.25, 0.3) is 0 Å². The Morgan fingerprint density at radius 1 is 1.06 bits per heavy atom. The number of methoxy groups -OCH3 is 1. The van der Waals surface area contributed by atoms with Gasteiger partial charge >= 0.3 is 0 Å². The van der Waals surface area contributed by atoms with Crippen molar-refractivity contribution in [3.8, 4) is 5.75 Å². The van der Waals surface area contributed by atoms with Gasteiger partial charge in [-0.1, -0.05) is 12.1 Å². The summed E-state index contributed by atoms with van der Waals surface area (Å²) in [6, 6.07) is 11.9. The highest BCUT2D eigenvalue weighted by Gasteiger charge is 2.42. The Kier molecular flexibility index (Phi) is 6.78. The number of nitrogens with zero attached hydrogens (tertiary/aromatic N) is 1. The second-order valence-corrected chi connectivity index (χ2v) is 9.88. The summed E-state index contributed by atoms with van der Waals surface area (Å²) in [6.07, 6.45) is 0.890. The molecular weight excluding hydrogens is 435 g/mol. The molecule has 1 amide bonds. The number of benzene rings is 2. The Hall–Kier alpha value is -2.49. The Morgan fingerprint density at radius 3 is 2.34 bits per heavy atom. The summed E-state index contributed by atoms with van der Waals surface area (Å²) in [4.78, 5) is 15.2. The molecule has 0 unspecified atom stereocenters. The largest absolute Gasteiger partial charge is 0.497 e. The minimum atomic E-state index is -3.83. The van der Waals surface area contributed by atoms with Crippen LogP contribution in [0.15, 0.2) is 53.4 Å². The normalized spacial score (nSPS) is 23.8. The van der Waals surface area contributed by atoms with Gasteiger partial charge in [0.1, 0.15) is 11.6 Å². The zero-order valence-electron chi connectivity index (χ0n) is 17.9. The highest BCUT2D eigenvalue weighted by atomic mass is 32.2. The van der Waals surface area contributed by atoms with E-state index >= 15 is 0 Å². The molecule has 3 atom stereocenters. The van der Waals surface area contributed by atoms with Gasteiger partial charge < -0.3 is 14.4 Å². The Bertz CT molecular complexity index is 1040. The predicted octanol–water partition coefficient (Wildman–Crippen LogP) is 2.53. The maximum Gasteiger partial charge on any atom is 0.240 e. The van der Waals surface area contributed by atoms with Crippen molar-refractivity contribution in [1.82, 2.24) is 9.62 Å². The summed E-state index contributed by atoms with van der Waals surface area (Å²) in [5.74, 6) is -0.228. The molecule has 2 fully saturated rings. The van der Waals surface area contributed by atoms with E-state index in [0.29, 0.717) is 39.1 Å². The summed E-state index contributed by atoms with van der Waals surface area (Å²) in [7, 11) is -2.24. The molecule has 1 aliphatic carbocycles. The van der Waals surface area contributed by atoms with Gasteiger partial charge in [0.2, 0.25) is 15.9 Å². The molecule has 0 aromatic heterocycles. The third kappa shape index (κ3) is 4.95. The molecule has 1 saturated heterocycles. The molecule has 2 aromatic rings. The molecule has 0 radical (unpaired) electrons. The number of nitrogens with one attached hydrogen (secondary N) is 1. The molecule has 7 nitrogen and oxygen atoms in total. The first-order valence-electron chi connectivity index (χ1n) is 10.7. The van der Waals surface area contributed by atoms with Crippen LogP contribution in [-0.4, -0.2) is 58.7 Å². The van der Waals surface area contributed by atoms with E-state index in [1.165, 1.54) is 12.1 Å². The lowest BCUT2D eigenvalue weighted by Crippen LogP contribution is -2.44. The molecule has 1 aliphatic heterocycles. The quantitative estimate of drug-likeness (QED) is 0.713. The molecule has 0 bridgehead atoms. The molecular formula is C23H27FN2O5S. The number of hydrogen-bond donors (Lipinski definition) is 1. The van der Waals surface area contributed by atoms with E-state index in [-0.39, 0.29) is 22.6 Å². The van der Waals surface area contributed by atoms with Gasteiger partial charge in [-0.05, 0) is 60.7 Å². The van der Waals surface area contributed by atoms with Crippen LogP contribution in [0.1, 0.15) is 24.3 Å². The molecule has 2 aromatic carbocycles. The zero-order chi connectivity index (χ0) is 22.7. The van der Waals surface area contributed by atoms with Crippen molar-refractivity contribution in [3.63, 3.8) is 0 Å². The Balaban J connectivity index is 1.56. The minimum Gasteiger partial charge on any atom is -0.497 e. The zero-order valence-corrected chi connectivity index (χ0v) is 18.7. The van der Waals surface area contributed by atoms with Crippen LogP contribution in [-0.2, 0) is 19.6 Å². The van der Waals surface area contributed by atoms with Crippen LogP contribution < -0.4 is 9.46 Å². The highest BCUT2D eigenvalue weighted by Crippen LogP contribution is 2.42. The van der Waals surface area contributed by atoms with Crippen LogP contribution in [0.3, 0.4) is 0 Å². The molecule has 1 N–H and O–H groups in total. The first kappa shape index (κ1) is 22.7. The first-order valence-corrected chi connectivity index (χ1v) is 12.1. The molecule has 1 heterocycles. The predicted molar refractivity (Wildman–Crippen MR) is 116 cm³/mol. The van der Waals surface area contributed by atoms with Crippen molar-refractivity contribution < 1.29 is 27.1 Å². The number of carbonyl (C=O) groups excluding carboxylic acids is 1. The molecule has 172 valence electrons. The summed E-state index contributed by atoms with van der Waals surface area (Å²) in [6.45, 7) is 2.09. The van der Waals surface area contributed by atoms with Gasteiger partial charge in [0.15, 0.2) is 0 Å². The number of sulfonamides is 1. The van der Waals surface area contributed by atoms with E-state index in [4.69, 9.17) is 9.47 Å². The summed E-state index contributed by atoms with van der Waals surface area (Å²) in [5, 5.41) is 0. The van der Waals surface area contributed by atoms with Crippen molar-refractivity contribution >= 4 is 15.9 Å². The first-order chi connectivity index (χ1) is 15.4. The van der Waals surface area contributed by atoms with E-state index in [2.05, 4.69) is 4.72 Å². The SMILES string of the molecule is COc1ccc([C@H]2C[C@H](NS(=O)(=O)c3ccc(F)cc3)C[C@@H]2C(=O)N2CCOCC2)cc1. The maximum absolute atomic E-state index is 13.4. The van der Waals surface area contributed by atoms with Crippen LogP contribution in [0.4, 0.5) is 4.39 Å². The number of hydrogen-bond acceptors (Lipinski definition) is 5. The summed E-state index contributed by atoms with van der Waals surface area (Å²) >= 11 is 0. The third-order valence-corrected chi connectivity index (χ3v) is 7.73. The maximum atomic E-state index is 13.4. The standard InChI is InChI=1S/C23H27FN2O5S/c1-30-19-6-2-16(3-7-19)21-14-18(15-22(21)23(27)26-10-12-31-13-11-26)25-32(28,29)20-8-4-17(24)5-9-20/h2-9,18,21-22,25H,10-15H2,1H3/t18-,21+,22-/m0/s1. The van der Waals surface area contributed by atoms with Gasteiger partial charge in [-0.15, -0.1) is 0 Å². The van der Waals surface area contributed by atoms with Crippen LogP contribution in [0.25, 0.3) is 0 Å². The van der Waals surface area contributed by atoms with Crippen LogP contribution in [0, 0.1) is 11.7 Å². The van der Waals surface area contributed by atoms with E-state index < -0.39 is 21.9 Å². The minimum absolute atomic E-state index is 0.00264. The Labute approximate surface area is 187 Å². The van der Waals surface area contributed by atoms with Crippen molar-refractivity contribution in [3.05, 3.63) is 59.9 Å². The van der Waals surface area contributed by atoms with Crippen molar-refractivity contribution in [2.75, 3.05) is 33.4 Å². The smallest absolute Gasteiger partial charge is 0.240 e. The second kappa shape index (κ2) is 9.56. The fraction of sp³-hybridized carbons (Fsp3) is 0.435. The average molecular weight is 463 g/mol. The number of carbonyl (C=O) groups is 1. The second-order valence-electron chi connectivity index (χ2n) is 8.17. The van der Waals surface area contributed by atoms with Crippen LogP contribution in [0.5, 0.6) is 5.75 Å². The number of morpholine rings is 1. The topological polar surface area (TPSA) is 84.9 Å². The van der Waals surface area contributed by atoms with Gasteiger partial charge in [-0.25, -0.2) is 17.5 Å². The van der Waals surface area contributed by atoms with Gasteiger partial charge in [-0.2, -0.15) is 0 Å². The molecule has 2 aliphatic rings. The molecule has 32 heavy (non-hydrogen) atoms.